The van der Waals surface area contributed by atoms with Gasteiger partial charge in [-0.15, -0.1) is 22.7 Å². The minimum atomic E-state index is -0.556. The Morgan fingerprint density at radius 1 is 1.23 bits per heavy atom. The van der Waals surface area contributed by atoms with E-state index in [-0.39, 0.29) is 23.7 Å². The van der Waals surface area contributed by atoms with Gasteiger partial charge in [0, 0.05) is 37.4 Å². The van der Waals surface area contributed by atoms with Crippen LogP contribution in [0.2, 0.25) is 0 Å². The summed E-state index contributed by atoms with van der Waals surface area (Å²) in [6.07, 6.45) is 3.88. The van der Waals surface area contributed by atoms with Gasteiger partial charge in [0.1, 0.15) is 16.1 Å². The van der Waals surface area contributed by atoms with Gasteiger partial charge in [0.25, 0.3) is 11.8 Å². The van der Waals surface area contributed by atoms with E-state index in [9.17, 15) is 14.4 Å². The fourth-order valence-corrected chi connectivity index (χ4v) is 4.67. The predicted octanol–water partition coefficient (Wildman–Crippen LogP) is 4.03. The van der Waals surface area contributed by atoms with Gasteiger partial charge in [0.2, 0.25) is 5.43 Å². The number of carbonyl (C=O) groups is 2. The third-order valence-corrected chi connectivity index (χ3v) is 6.92. The lowest BCUT2D eigenvalue weighted by Crippen LogP contribution is -2.36. The molecule has 9 heteroatoms. The fourth-order valence-electron chi connectivity index (χ4n) is 3.05. The molecule has 1 atom stereocenters. The highest BCUT2D eigenvalue weighted by atomic mass is 32.1. The van der Waals surface area contributed by atoms with Crippen molar-refractivity contribution in [3.05, 3.63) is 62.3 Å². The molecule has 0 saturated heterocycles. The van der Waals surface area contributed by atoms with Crippen molar-refractivity contribution in [2.24, 2.45) is 0 Å². The van der Waals surface area contributed by atoms with Gasteiger partial charge in [-0.3, -0.25) is 14.4 Å². The molecule has 0 saturated carbocycles. The maximum absolute atomic E-state index is 13.2. The van der Waals surface area contributed by atoms with Gasteiger partial charge in [-0.05, 0) is 31.7 Å². The molecule has 31 heavy (non-hydrogen) atoms. The molecule has 0 aliphatic carbocycles. The van der Waals surface area contributed by atoms with E-state index in [1.54, 1.807) is 36.1 Å². The summed E-state index contributed by atoms with van der Waals surface area (Å²) in [6, 6.07) is 4.02. The van der Waals surface area contributed by atoms with Crippen LogP contribution in [0.25, 0.3) is 9.88 Å². The Morgan fingerprint density at radius 2 is 1.97 bits per heavy atom. The van der Waals surface area contributed by atoms with Gasteiger partial charge in [-0.2, -0.15) is 0 Å². The van der Waals surface area contributed by atoms with Gasteiger partial charge in [-0.25, -0.2) is 4.98 Å². The monoisotopic (exact) mass is 458 g/mol. The Hall–Kier alpha value is -2.78. The van der Waals surface area contributed by atoms with Crippen molar-refractivity contribution in [1.82, 2.24) is 19.8 Å². The number of thiazole rings is 1. The molecule has 0 spiro atoms. The number of nitrogens with zero attached hydrogens (tertiary/aromatic N) is 3. The van der Waals surface area contributed by atoms with Gasteiger partial charge in [-0.1, -0.05) is 13.0 Å². The number of hydrogen-bond donors (Lipinski definition) is 1. The molecule has 0 aromatic carbocycles. The second-order valence-corrected chi connectivity index (χ2v) is 9.07. The summed E-state index contributed by atoms with van der Waals surface area (Å²) in [6.45, 7) is 6.44. The number of rotatable bonds is 8. The summed E-state index contributed by atoms with van der Waals surface area (Å²) in [5, 5.41) is 7.47. The topological polar surface area (TPSA) is 84.3 Å². The summed E-state index contributed by atoms with van der Waals surface area (Å²) in [5.41, 5.74) is 0.168. The van der Waals surface area contributed by atoms with Crippen molar-refractivity contribution >= 4 is 34.5 Å². The molecule has 3 rings (SSSR count). The summed E-state index contributed by atoms with van der Waals surface area (Å²) in [4.78, 5) is 45.7. The largest absolute Gasteiger partial charge is 0.352 e. The molecule has 0 aliphatic rings. The molecule has 0 bridgehead atoms. The third-order valence-electron chi connectivity index (χ3n) is 4.99. The number of nitrogens with one attached hydrogen (secondary N) is 1. The van der Waals surface area contributed by atoms with E-state index < -0.39 is 17.2 Å². The summed E-state index contributed by atoms with van der Waals surface area (Å²) in [5.74, 6) is -0.902. The first kappa shape index (κ1) is 22.9. The number of carbonyl (C=O) groups excluding carboxylic acids is 2. The molecule has 1 N–H and O–H groups in total. The first-order chi connectivity index (χ1) is 14.8. The van der Waals surface area contributed by atoms with E-state index in [4.69, 9.17) is 0 Å². The minimum Gasteiger partial charge on any atom is -0.352 e. The van der Waals surface area contributed by atoms with Gasteiger partial charge in [0.05, 0.1) is 17.1 Å². The predicted molar refractivity (Wildman–Crippen MR) is 125 cm³/mol. The van der Waals surface area contributed by atoms with Crippen LogP contribution in [0.1, 0.15) is 59.6 Å². The second kappa shape index (κ2) is 10.0. The molecule has 3 aromatic rings. The van der Waals surface area contributed by atoms with Crippen molar-refractivity contribution in [3.8, 4) is 9.88 Å². The normalized spacial score (nSPS) is 11.9. The van der Waals surface area contributed by atoms with Crippen molar-refractivity contribution in [3.63, 3.8) is 0 Å². The smallest absolute Gasteiger partial charge is 0.259 e. The average Bonchev–Trinajstić information content (AvgIpc) is 3.45. The summed E-state index contributed by atoms with van der Waals surface area (Å²) >= 11 is 3.14. The van der Waals surface area contributed by atoms with Crippen molar-refractivity contribution in [1.29, 1.82) is 0 Å². The summed E-state index contributed by atoms with van der Waals surface area (Å²) < 4.78 is 1.77. The lowest BCUT2D eigenvalue weighted by atomic mass is 10.1. The zero-order chi connectivity index (χ0) is 22.5. The van der Waals surface area contributed by atoms with Crippen LogP contribution in [0, 0.1) is 0 Å². The van der Waals surface area contributed by atoms with Crippen LogP contribution in [0.5, 0.6) is 0 Å². The Morgan fingerprint density at radius 3 is 2.61 bits per heavy atom. The van der Waals surface area contributed by atoms with E-state index >= 15 is 0 Å². The Kier molecular flexibility index (Phi) is 7.40. The zero-order valence-corrected chi connectivity index (χ0v) is 19.7. The van der Waals surface area contributed by atoms with Crippen LogP contribution in [0.15, 0.2) is 40.1 Å². The maximum Gasteiger partial charge on any atom is 0.259 e. The highest BCUT2D eigenvalue weighted by Crippen LogP contribution is 2.28. The fraction of sp³-hybridized carbons (Fsp3) is 0.364. The SMILES string of the molecule is CCNC(=O)c1cn([C@@H](C)CC)cc(C(=O)N(C)Cc2csc(-c3cccs3)n2)c1=O. The Labute approximate surface area is 189 Å². The molecule has 7 nitrogen and oxygen atoms in total. The molecular weight excluding hydrogens is 432 g/mol. The van der Waals surface area contributed by atoms with E-state index in [0.717, 1.165) is 22.0 Å². The van der Waals surface area contributed by atoms with Crippen LogP contribution < -0.4 is 10.7 Å². The highest BCUT2D eigenvalue weighted by molar-refractivity contribution is 7.20. The molecule has 0 aliphatic heterocycles. The zero-order valence-electron chi connectivity index (χ0n) is 18.0. The second-order valence-electron chi connectivity index (χ2n) is 7.26. The summed E-state index contributed by atoms with van der Waals surface area (Å²) in [7, 11) is 1.64. The van der Waals surface area contributed by atoms with E-state index in [0.29, 0.717) is 6.54 Å². The van der Waals surface area contributed by atoms with Gasteiger partial charge < -0.3 is 14.8 Å². The van der Waals surface area contributed by atoms with Crippen LogP contribution in [-0.4, -0.2) is 39.9 Å². The Balaban J connectivity index is 1.89. The highest BCUT2D eigenvalue weighted by Gasteiger charge is 2.23. The number of hydrogen-bond acceptors (Lipinski definition) is 6. The van der Waals surface area contributed by atoms with Crippen molar-refractivity contribution in [2.45, 2.75) is 39.8 Å². The Bertz CT molecular complexity index is 1120. The van der Waals surface area contributed by atoms with Crippen LogP contribution in [0.4, 0.5) is 0 Å². The molecule has 0 unspecified atom stereocenters. The standard InChI is InChI=1S/C22H26N4O3S2/c1-5-14(3)26-11-16(20(28)23-6-2)19(27)17(12-26)22(29)25(4)10-15-13-31-21(24-15)18-8-7-9-30-18/h7-9,11-14H,5-6,10H2,1-4H3,(H,23,28)/t14-/m0/s1. The lowest BCUT2D eigenvalue weighted by molar-refractivity contribution is 0.0781. The maximum atomic E-state index is 13.2. The molecule has 3 aromatic heterocycles. The molecule has 3 heterocycles. The van der Waals surface area contributed by atoms with E-state index in [2.05, 4.69) is 10.3 Å². The number of aromatic nitrogens is 2. The first-order valence-corrected chi connectivity index (χ1v) is 11.9. The molecule has 0 fully saturated rings. The molecular formula is C22H26N4O3S2. The molecule has 164 valence electrons. The van der Waals surface area contributed by atoms with E-state index in [1.165, 1.54) is 22.4 Å². The molecule has 2 amide bonds. The average molecular weight is 459 g/mol. The lowest BCUT2D eigenvalue weighted by Gasteiger charge is -2.20. The van der Waals surface area contributed by atoms with Gasteiger partial charge >= 0.3 is 0 Å². The minimum absolute atomic E-state index is 0.0136. The van der Waals surface area contributed by atoms with Gasteiger partial charge in [0.15, 0.2) is 0 Å². The number of thiophene rings is 1. The quantitative estimate of drug-likeness (QED) is 0.552. The number of amides is 2. The van der Waals surface area contributed by atoms with Crippen LogP contribution >= 0.6 is 22.7 Å². The van der Waals surface area contributed by atoms with Crippen LogP contribution in [0.3, 0.4) is 0 Å². The van der Waals surface area contributed by atoms with Crippen LogP contribution in [-0.2, 0) is 6.54 Å². The van der Waals surface area contributed by atoms with Crippen molar-refractivity contribution in [2.75, 3.05) is 13.6 Å². The van der Waals surface area contributed by atoms with Crippen molar-refractivity contribution < 1.29 is 9.59 Å². The number of pyridine rings is 1. The van der Waals surface area contributed by atoms with E-state index in [1.807, 2.05) is 36.7 Å². The third kappa shape index (κ3) is 5.11. The first-order valence-electron chi connectivity index (χ1n) is 10.1. The molecule has 0 radical (unpaired) electrons.